The topological polar surface area (TPSA) is 63.4 Å². The van der Waals surface area contributed by atoms with E-state index in [2.05, 4.69) is 0 Å². The number of alkyl halides is 6. The summed E-state index contributed by atoms with van der Waals surface area (Å²) in [6, 6.07) is 8.37. The number of primary amides is 1. The van der Waals surface area contributed by atoms with Gasteiger partial charge in [-0.3, -0.25) is 9.59 Å². The van der Waals surface area contributed by atoms with E-state index in [4.69, 9.17) is 5.73 Å². The van der Waals surface area contributed by atoms with Crippen molar-refractivity contribution in [3.05, 3.63) is 70.8 Å². The predicted molar refractivity (Wildman–Crippen MR) is 96.3 cm³/mol. The largest absolute Gasteiger partial charge is 0.416 e. The van der Waals surface area contributed by atoms with Gasteiger partial charge < -0.3 is 10.6 Å². The first-order valence-corrected chi connectivity index (χ1v) is 8.68. The van der Waals surface area contributed by atoms with E-state index in [-0.39, 0.29) is 18.9 Å². The van der Waals surface area contributed by atoms with Crippen LogP contribution in [-0.2, 0) is 23.6 Å². The lowest BCUT2D eigenvalue weighted by Gasteiger charge is -2.28. The summed E-state index contributed by atoms with van der Waals surface area (Å²) in [6.45, 7) is 0. The number of amides is 2. The molecule has 0 aliphatic carbocycles. The second kappa shape index (κ2) is 8.76. The van der Waals surface area contributed by atoms with Gasteiger partial charge >= 0.3 is 12.4 Å². The molecular weight excluding hydrogens is 414 g/mol. The van der Waals surface area contributed by atoms with E-state index < -0.39 is 46.9 Å². The van der Waals surface area contributed by atoms with Crippen LogP contribution in [0.25, 0.3) is 0 Å². The van der Waals surface area contributed by atoms with Gasteiger partial charge in [0.05, 0.1) is 11.1 Å². The summed E-state index contributed by atoms with van der Waals surface area (Å²) in [6.07, 6.45) is -10.3. The van der Waals surface area contributed by atoms with E-state index in [9.17, 15) is 35.9 Å². The van der Waals surface area contributed by atoms with Crippen LogP contribution >= 0.6 is 0 Å². The van der Waals surface area contributed by atoms with Crippen LogP contribution in [0, 0.1) is 0 Å². The molecule has 10 heteroatoms. The highest BCUT2D eigenvalue weighted by molar-refractivity contribution is 5.95. The SMILES string of the molecule is CN(C(=O)c1cc(C(F)(F)F)cc(C(F)(F)F)c1)C(CC(N)=O)Cc1ccccc1. The van der Waals surface area contributed by atoms with Crippen LogP contribution in [-0.4, -0.2) is 29.8 Å². The standard InChI is InChI=1S/C20H18F6N2O2/c1-28(16(11-17(27)29)7-12-5-3-2-4-6-12)18(30)13-8-14(19(21,22)23)10-15(9-13)20(24,25)26/h2-6,8-10,16H,7,11H2,1H3,(H2,27,29). The van der Waals surface area contributed by atoms with E-state index >= 15 is 0 Å². The quantitative estimate of drug-likeness (QED) is 0.693. The normalized spacial score (nSPS) is 13.0. The van der Waals surface area contributed by atoms with Gasteiger partial charge in [-0.15, -0.1) is 0 Å². The Bertz CT molecular complexity index is 877. The van der Waals surface area contributed by atoms with Crippen molar-refractivity contribution in [3.8, 4) is 0 Å². The lowest BCUT2D eigenvalue weighted by molar-refractivity contribution is -0.143. The van der Waals surface area contributed by atoms with Gasteiger partial charge in [0.1, 0.15) is 0 Å². The Hall–Kier alpha value is -3.04. The van der Waals surface area contributed by atoms with Crippen LogP contribution in [0.2, 0.25) is 0 Å². The minimum atomic E-state index is -5.08. The lowest BCUT2D eigenvalue weighted by Crippen LogP contribution is -2.41. The molecule has 0 saturated carbocycles. The molecule has 2 rings (SSSR count). The molecule has 2 N–H and O–H groups in total. The Morgan fingerprint density at radius 3 is 1.87 bits per heavy atom. The highest BCUT2D eigenvalue weighted by Crippen LogP contribution is 2.36. The number of likely N-dealkylation sites (N-methyl/N-ethyl adjacent to an activating group) is 1. The number of nitrogens with two attached hydrogens (primary N) is 1. The molecule has 4 nitrogen and oxygen atoms in total. The van der Waals surface area contributed by atoms with Gasteiger partial charge in [0, 0.05) is 25.1 Å². The van der Waals surface area contributed by atoms with Gasteiger partial charge in [-0.25, -0.2) is 0 Å². The summed E-state index contributed by atoms with van der Waals surface area (Å²) >= 11 is 0. The molecule has 0 spiro atoms. The first kappa shape index (κ1) is 23.2. The zero-order valence-electron chi connectivity index (χ0n) is 15.7. The molecule has 162 valence electrons. The van der Waals surface area contributed by atoms with E-state index in [1.165, 1.54) is 7.05 Å². The van der Waals surface area contributed by atoms with Crippen molar-refractivity contribution < 1.29 is 35.9 Å². The number of benzene rings is 2. The molecule has 0 bridgehead atoms. The minimum Gasteiger partial charge on any atom is -0.370 e. The smallest absolute Gasteiger partial charge is 0.370 e. The summed E-state index contributed by atoms with van der Waals surface area (Å²) in [5.41, 5.74) is 1.95. The molecule has 0 aromatic heterocycles. The van der Waals surface area contributed by atoms with E-state index in [1.54, 1.807) is 30.3 Å². The molecule has 0 radical (unpaired) electrons. The van der Waals surface area contributed by atoms with Crippen LogP contribution in [0.4, 0.5) is 26.3 Å². The summed E-state index contributed by atoms with van der Waals surface area (Å²) in [5.74, 6) is -1.86. The number of nitrogens with zero attached hydrogens (tertiary/aromatic N) is 1. The molecule has 30 heavy (non-hydrogen) atoms. The summed E-state index contributed by atoms with van der Waals surface area (Å²) < 4.78 is 78.4. The van der Waals surface area contributed by atoms with E-state index in [1.807, 2.05) is 0 Å². The Morgan fingerprint density at radius 1 is 0.933 bits per heavy atom. The van der Waals surface area contributed by atoms with Crippen LogP contribution < -0.4 is 5.73 Å². The Labute approximate surface area is 168 Å². The second-order valence-corrected chi connectivity index (χ2v) is 6.72. The Balaban J connectivity index is 2.43. The molecule has 2 aromatic carbocycles. The van der Waals surface area contributed by atoms with Crippen LogP contribution in [0.3, 0.4) is 0 Å². The average molecular weight is 432 g/mol. The molecule has 0 heterocycles. The molecule has 2 amide bonds. The van der Waals surface area contributed by atoms with E-state index in [0.29, 0.717) is 17.7 Å². The third-order valence-corrected chi connectivity index (χ3v) is 4.45. The zero-order chi connectivity index (χ0) is 22.7. The molecule has 1 unspecified atom stereocenters. The van der Waals surface area contributed by atoms with Gasteiger partial charge in [-0.05, 0) is 30.2 Å². The van der Waals surface area contributed by atoms with Crippen LogP contribution in [0.1, 0.15) is 33.5 Å². The van der Waals surface area contributed by atoms with Crippen molar-refractivity contribution in [3.63, 3.8) is 0 Å². The van der Waals surface area contributed by atoms with Crippen molar-refractivity contribution in [2.75, 3.05) is 7.05 Å². The highest BCUT2D eigenvalue weighted by atomic mass is 19.4. The van der Waals surface area contributed by atoms with E-state index in [0.717, 1.165) is 4.90 Å². The predicted octanol–water partition coefficient (Wildman–Crippen LogP) is 4.28. The van der Waals surface area contributed by atoms with Crippen molar-refractivity contribution in [1.29, 1.82) is 0 Å². The first-order chi connectivity index (χ1) is 13.8. The van der Waals surface area contributed by atoms with Crippen molar-refractivity contribution in [2.45, 2.75) is 31.2 Å². The number of rotatable bonds is 6. The zero-order valence-corrected chi connectivity index (χ0v) is 15.7. The van der Waals surface area contributed by atoms with Crippen molar-refractivity contribution >= 4 is 11.8 Å². The summed E-state index contributed by atoms with van der Waals surface area (Å²) in [5, 5.41) is 0. The lowest BCUT2D eigenvalue weighted by atomic mass is 9.99. The maximum atomic E-state index is 13.1. The average Bonchev–Trinajstić information content (AvgIpc) is 2.65. The van der Waals surface area contributed by atoms with Crippen molar-refractivity contribution in [1.82, 2.24) is 4.90 Å². The van der Waals surface area contributed by atoms with Crippen LogP contribution in [0.15, 0.2) is 48.5 Å². The van der Waals surface area contributed by atoms with Gasteiger partial charge in [0.2, 0.25) is 5.91 Å². The van der Waals surface area contributed by atoms with Crippen molar-refractivity contribution in [2.24, 2.45) is 5.73 Å². The van der Waals surface area contributed by atoms with Gasteiger partial charge in [0.25, 0.3) is 5.91 Å². The monoisotopic (exact) mass is 432 g/mol. The number of hydrogen-bond donors (Lipinski definition) is 1. The maximum absolute atomic E-state index is 13.1. The van der Waals surface area contributed by atoms with Gasteiger partial charge in [0.15, 0.2) is 0 Å². The minimum absolute atomic E-state index is 0.0539. The van der Waals surface area contributed by atoms with Crippen LogP contribution in [0.5, 0.6) is 0 Å². The number of halogens is 6. The third kappa shape index (κ3) is 5.98. The Kier molecular flexibility index (Phi) is 6.79. The third-order valence-electron chi connectivity index (χ3n) is 4.45. The molecular formula is C20H18F6N2O2. The fraction of sp³-hybridized carbons (Fsp3) is 0.300. The molecule has 0 aliphatic rings. The maximum Gasteiger partial charge on any atom is 0.416 e. The first-order valence-electron chi connectivity index (χ1n) is 8.68. The molecule has 2 aromatic rings. The molecule has 0 fully saturated rings. The molecule has 0 saturated heterocycles. The summed E-state index contributed by atoms with van der Waals surface area (Å²) in [7, 11) is 1.20. The number of hydrogen-bond acceptors (Lipinski definition) is 2. The highest BCUT2D eigenvalue weighted by Gasteiger charge is 2.38. The second-order valence-electron chi connectivity index (χ2n) is 6.72. The fourth-order valence-corrected chi connectivity index (χ4v) is 2.91. The summed E-state index contributed by atoms with van der Waals surface area (Å²) in [4.78, 5) is 25.1. The number of carbonyl (C=O) groups excluding carboxylic acids is 2. The Morgan fingerprint density at radius 2 is 1.43 bits per heavy atom. The fourth-order valence-electron chi connectivity index (χ4n) is 2.91. The van der Waals surface area contributed by atoms with Gasteiger partial charge in [-0.2, -0.15) is 26.3 Å². The van der Waals surface area contributed by atoms with Gasteiger partial charge in [-0.1, -0.05) is 30.3 Å². The number of carbonyl (C=O) groups is 2. The molecule has 1 atom stereocenters. The molecule has 0 aliphatic heterocycles.